The number of alkyl halides is 3. The lowest BCUT2D eigenvalue weighted by Gasteiger charge is -2.09. The first-order valence-electron chi connectivity index (χ1n) is 9.67. The second-order valence-electron chi connectivity index (χ2n) is 6.67. The maximum Gasteiger partial charge on any atom is 0.573 e. The molecule has 178 valence electrons. The zero-order valence-electron chi connectivity index (χ0n) is 17.9. The molecule has 12 heteroatoms. The molecule has 2 N–H and O–H groups in total. The Labute approximate surface area is 191 Å². The number of halogens is 4. The molecule has 1 amide bonds. The summed E-state index contributed by atoms with van der Waals surface area (Å²) in [4.78, 5) is 18.3. The van der Waals surface area contributed by atoms with E-state index >= 15 is 0 Å². The molecule has 0 atom stereocenters. The number of carbonyl (C=O) groups is 1. The molecule has 8 nitrogen and oxygen atoms in total. The van der Waals surface area contributed by atoms with Gasteiger partial charge < -0.3 is 24.7 Å². The fourth-order valence-electron chi connectivity index (χ4n) is 2.89. The van der Waals surface area contributed by atoms with Gasteiger partial charge in [0.15, 0.2) is 0 Å². The average Bonchev–Trinajstić information content (AvgIpc) is 3.16. The summed E-state index contributed by atoms with van der Waals surface area (Å²) in [5, 5.41) is 4.97. The Morgan fingerprint density at radius 1 is 1.06 bits per heavy atom. The Balaban J connectivity index is 0.000000204. The summed E-state index contributed by atoms with van der Waals surface area (Å²) in [6, 6.07) is 11.5. The third-order valence-corrected chi connectivity index (χ3v) is 4.34. The van der Waals surface area contributed by atoms with E-state index in [9.17, 15) is 22.4 Å². The molecule has 0 spiro atoms. The number of anilines is 2. The molecule has 0 fully saturated rings. The summed E-state index contributed by atoms with van der Waals surface area (Å²) in [7, 11) is 3.54. The summed E-state index contributed by atoms with van der Waals surface area (Å²) < 4.78 is 60.1. The van der Waals surface area contributed by atoms with Crippen LogP contribution in [0.5, 0.6) is 17.4 Å². The Morgan fingerprint density at radius 3 is 2.53 bits per heavy atom. The number of hydrogen-bond donors (Lipinski definition) is 2. The van der Waals surface area contributed by atoms with Crippen LogP contribution in [-0.2, 0) is 11.8 Å². The number of fused-ring (bicyclic) bond motifs is 1. The van der Waals surface area contributed by atoms with Crippen molar-refractivity contribution in [1.82, 2.24) is 14.5 Å². The molecule has 0 unspecified atom stereocenters. The number of rotatable bonds is 6. The lowest BCUT2D eigenvalue weighted by molar-refractivity contribution is -0.274. The highest BCUT2D eigenvalue weighted by Crippen LogP contribution is 2.29. The van der Waals surface area contributed by atoms with Crippen LogP contribution in [0.1, 0.15) is 0 Å². The van der Waals surface area contributed by atoms with Crippen LogP contribution in [0.3, 0.4) is 0 Å². The number of nitrogens with zero attached hydrogens (tertiary/aromatic N) is 3. The van der Waals surface area contributed by atoms with Gasteiger partial charge in [-0.1, -0.05) is 6.07 Å². The molecule has 0 aliphatic carbocycles. The number of amides is 1. The number of nitrogens with one attached hydrogen (secondary N) is 2. The molecular formula is C22H19F4N5O3. The average molecular weight is 477 g/mol. The van der Waals surface area contributed by atoms with Crippen LogP contribution in [0.25, 0.3) is 11.0 Å². The van der Waals surface area contributed by atoms with Crippen LogP contribution in [-0.4, -0.2) is 34.4 Å². The highest BCUT2D eigenvalue weighted by molar-refractivity contribution is 5.80. The first-order valence-corrected chi connectivity index (χ1v) is 9.67. The van der Waals surface area contributed by atoms with E-state index in [2.05, 4.69) is 25.3 Å². The van der Waals surface area contributed by atoms with Gasteiger partial charge in [0.25, 0.3) is 0 Å². The number of aromatic nitrogens is 3. The van der Waals surface area contributed by atoms with Gasteiger partial charge in [-0.2, -0.15) is 4.98 Å². The molecule has 2 aromatic carbocycles. The summed E-state index contributed by atoms with van der Waals surface area (Å²) >= 11 is 0. The van der Waals surface area contributed by atoms with E-state index in [1.165, 1.54) is 24.5 Å². The van der Waals surface area contributed by atoms with E-state index in [0.29, 0.717) is 23.7 Å². The Bertz CT molecular complexity index is 1280. The predicted molar refractivity (Wildman–Crippen MR) is 117 cm³/mol. The van der Waals surface area contributed by atoms with Crippen LogP contribution >= 0.6 is 0 Å². The van der Waals surface area contributed by atoms with Crippen LogP contribution in [0.15, 0.2) is 61.1 Å². The van der Waals surface area contributed by atoms with Gasteiger partial charge >= 0.3 is 6.36 Å². The van der Waals surface area contributed by atoms with Gasteiger partial charge in [-0.3, -0.25) is 4.79 Å². The minimum Gasteiger partial charge on any atom is -0.437 e. The summed E-state index contributed by atoms with van der Waals surface area (Å²) in [6.07, 6.45) is -1.06. The molecule has 0 aliphatic heterocycles. The van der Waals surface area contributed by atoms with Crippen molar-refractivity contribution >= 4 is 28.8 Å². The molecular weight excluding hydrogens is 458 g/mol. The quantitative estimate of drug-likeness (QED) is 0.297. The van der Waals surface area contributed by atoms with E-state index in [4.69, 9.17) is 4.74 Å². The van der Waals surface area contributed by atoms with Crippen molar-refractivity contribution in [3.05, 3.63) is 66.9 Å². The number of aryl methyl sites for hydroxylation is 1. The van der Waals surface area contributed by atoms with Gasteiger partial charge in [-0.05, 0) is 30.3 Å². The van der Waals surface area contributed by atoms with E-state index in [-0.39, 0.29) is 17.3 Å². The number of benzene rings is 2. The van der Waals surface area contributed by atoms with Gasteiger partial charge in [0.2, 0.25) is 12.3 Å². The fourth-order valence-corrected chi connectivity index (χ4v) is 2.89. The van der Waals surface area contributed by atoms with Crippen molar-refractivity contribution < 1.29 is 31.8 Å². The minimum atomic E-state index is -4.72. The highest BCUT2D eigenvalue weighted by Gasteiger charge is 2.31. The Kier molecular flexibility index (Phi) is 7.51. The van der Waals surface area contributed by atoms with Crippen LogP contribution < -0.4 is 20.1 Å². The monoisotopic (exact) mass is 477 g/mol. The van der Waals surface area contributed by atoms with Crippen molar-refractivity contribution in [3.8, 4) is 17.4 Å². The fraction of sp³-hybridized carbons (Fsp3) is 0.136. The zero-order valence-corrected chi connectivity index (χ0v) is 17.9. The molecule has 0 saturated heterocycles. The lowest BCUT2D eigenvalue weighted by atomic mass is 10.3. The molecule has 2 heterocycles. The predicted octanol–water partition coefficient (Wildman–Crippen LogP) is 5.09. The van der Waals surface area contributed by atoms with E-state index in [1.54, 1.807) is 19.2 Å². The van der Waals surface area contributed by atoms with Crippen molar-refractivity contribution in [2.45, 2.75) is 6.36 Å². The first kappa shape index (κ1) is 24.3. The van der Waals surface area contributed by atoms with Gasteiger partial charge in [-0.15, -0.1) is 13.2 Å². The minimum absolute atomic E-state index is 0.238. The van der Waals surface area contributed by atoms with Crippen molar-refractivity contribution in [3.63, 3.8) is 0 Å². The summed E-state index contributed by atoms with van der Waals surface area (Å²) in [6.45, 7) is 0. The molecule has 0 bridgehead atoms. The van der Waals surface area contributed by atoms with Crippen LogP contribution in [0.2, 0.25) is 0 Å². The largest absolute Gasteiger partial charge is 0.573 e. The smallest absolute Gasteiger partial charge is 0.437 e. The molecule has 4 aromatic rings. The molecule has 0 radical (unpaired) electrons. The van der Waals surface area contributed by atoms with Crippen LogP contribution in [0, 0.1) is 5.82 Å². The molecule has 0 aliphatic rings. The van der Waals surface area contributed by atoms with Crippen molar-refractivity contribution in [2.24, 2.45) is 7.05 Å². The van der Waals surface area contributed by atoms with Gasteiger partial charge in [-0.25, -0.2) is 9.37 Å². The van der Waals surface area contributed by atoms with Gasteiger partial charge in [0, 0.05) is 38.1 Å². The third kappa shape index (κ3) is 6.34. The SMILES string of the molecule is CNc1ccc(Oc2ncnc3ccn(C)c23)cc1F.O=CNc1cccc(OC(F)(F)F)c1. The second-order valence-corrected chi connectivity index (χ2v) is 6.67. The summed E-state index contributed by atoms with van der Waals surface area (Å²) in [5.74, 6) is 0.0494. The summed E-state index contributed by atoms with van der Waals surface area (Å²) in [5.41, 5.74) is 2.21. The zero-order chi connectivity index (χ0) is 24.7. The Morgan fingerprint density at radius 2 is 1.85 bits per heavy atom. The highest BCUT2D eigenvalue weighted by atomic mass is 19.4. The first-order chi connectivity index (χ1) is 16.2. The molecule has 4 rings (SSSR count). The van der Waals surface area contributed by atoms with Gasteiger partial charge in [0.05, 0.1) is 11.2 Å². The maximum atomic E-state index is 13.7. The topological polar surface area (TPSA) is 90.3 Å². The van der Waals surface area contributed by atoms with Gasteiger partial charge in [0.1, 0.15) is 29.2 Å². The van der Waals surface area contributed by atoms with E-state index in [1.807, 2.05) is 23.9 Å². The maximum absolute atomic E-state index is 13.7. The normalized spacial score (nSPS) is 10.8. The van der Waals surface area contributed by atoms with E-state index < -0.39 is 6.36 Å². The Hall–Kier alpha value is -4.35. The van der Waals surface area contributed by atoms with E-state index in [0.717, 1.165) is 23.2 Å². The number of ether oxygens (including phenoxy) is 2. The lowest BCUT2D eigenvalue weighted by Crippen LogP contribution is -2.17. The third-order valence-electron chi connectivity index (χ3n) is 4.34. The standard InChI is InChI=1S/C14H13FN4O.C8H6F3NO2/c1-16-11-4-3-9(7-10(11)15)20-14-13-12(17-8-18-14)5-6-19(13)2;9-8(10,11)14-7-3-1-2-6(4-7)12-5-13/h3-8,16H,1-2H3;1-5H,(H,12,13). The molecule has 34 heavy (non-hydrogen) atoms. The molecule has 0 saturated carbocycles. The number of carbonyl (C=O) groups excluding carboxylic acids is 1. The van der Waals surface area contributed by atoms with Crippen LogP contribution in [0.4, 0.5) is 28.9 Å². The second kappa shape index (κ2) is 10.5. The molecule has 2 aromatic heterocycles. The van der Waals surface area contributed by atoms with Crippen molar-refractivity contribution in [1.29, 1.82) is 0 Å². The van der Waals surface area contributed by atoms with Crippen molar-refractivity contribution in [2.75, 3.05) is 17.7 Å². The number of hydrogen-bond acceptors (Lipinski definition) is 6.